The molecule has 2 aromatic rings. The second-order valence-corrected chi connectivity index (χ2v) is 5.28. The highest BCUT2D eigenvalue weighted by Crippen LogP contribution is 2.24. The van der Waals surface area contributed by atoms with Gasteiger partial charge in [-0.1, -0.05) is 31.2 Å². The van der Waals surface area contributed by atoms with E-state index < -0.39 is 0 Å². The Bertz CT molecular complexity index is 597. The van der Waals surface area contributed by atoms with Crippen molar-refractivity contribution < 1.29 is 4.79 Å². The molecule has 22 heavy (non-hydrogen) atoms. The van der Waals surface area contributed by atoms with Crippen LogP contribution in [0.3, 0.4) is 0 Å². The number of carbonyl (C=O) groups excluding carboxylic acids is 1. The van der Waals surface area contributed by atoms with E-state index in [1.807, 2.05) is 4.90 Å². The maximum absolute atomic E-state index is 12.6. The smallest absolute Gasteiger partial charge is 0.272 e. The van der Waals surface area contributed by atoms with Gasteiger partial charge in [0.25, 0.3) is 5.91 Å². The lowest BCUT2D eigenvalue weighted by Crippen LogP contribution is -2.48. The first kappa shape index (κ1) is 16.5. The number of halogens is 1. The topological polar surface area (TPSA) is 61.0 Å². The molecule has 6 heteroatoms. The van der Waals surface area contributed by atoms with E-state index in [4.69, 9.17) is 0 Å². The molecule has 0 spiro atoms. The molecule has 1 unspecified atom stereocenters. The van der Waals surface area contributed by atoms with Crippen molar-refractivity contribution in [2.24, 2.45) is 0 Å². The summed E-state index contributed by atoms with van der Waals surface area (Å²) in [4.78, 5) is 14.5. The van der Waals surface area contributed by atoms with Gasteiger partial charge in [0.2, 0.25) is 0 Å². The largest absolute Gasteiger partial charge is 0.328 e. The Morgan fingerprint density at radius 3 is 2.73 bits per heavy atom. The summed E-state index contributed by atoms with van der Waals surface area (Å²) in [6, 6.07) is 10.3. The molecule has 118 valence electrons. The van der Waals surface area contributed by atoms with E-state index >= 15 is 0 Å². The van der Waals surface area contributed by atoms with Gasteiger partial charge in [-0.15, -0.1) is 12.4 Å². The van der Waals surface area contributed by atoms with E-state index in [-0.39, 0.29) is 24.4 Å². The van der Waals surface area contributed by atoms with Crippen LogP contribution in [0.2, 0.25) is 0 Å². The number of aryl methyl sites for hydroxylation is 1. The molecule has 2 heterocycles. The summed E-state index contributed by atoms with van der Waals surface area (Å²) < 4.78 is 0. The summed E-state index contributed by atoms with van der Waals surface area (Å²) in [6.45, 7) is 4.46. The summed E-state index contributed by atoms with van der Waals surface area (Å²) in [5.74, 6) is 0.0126. The summed E-state index contributed by atoms with van der Waals surface area (Å²) in [6.07, 6.45) is 2.64. The van der Waals surface area contributed by atoms with Gasteiger partial charge in [0, 0.05) is 25.8 Å². The Morgan fingerprint density at radius 2 is 2.09 bits per heavy atom. The monoisotopic (exact) mass is 320 g/mol. The van der Waals surface area contributed by atoms with Crippen LogP contribution in [0.25, 0.3) is 0 Å². The molecule has 1 aliphatic heterocycles. The van der Waals surface area contributed by atoms with E-state index in [0.29, 0.717) is 12.2 Å². The van der Waals surface area contributed by atoms with Crippen LogP contribution >= 0.6 is 12.4 Å². The van der Waals surface area contributed by atoms with Crippen LogP contribution in [0.15, 0.2) is 36.5 Å². The van der Waals surface area contributed by atoms with Crippen molar-refractivity contribution in [1.82, 2.24) is 20.4 Å². The van der Waals surface area contributed by atoms with Crippen LogP contribution in [0, 0.1) is 0 Å². The first-order chi connectivity index (χ1) is 10.3. The predicted octanol–water partition coefficient (Wildman–Crippen LogP) is 2.18. The molecule has 1 aliphatic rings. The lowest BCUT2D eigenvalue weighted by Gasteiger charge is -2.36. The molecule has 1 atom stereocenters. The standard InChI is InChI=1S/C16H20N4O.ClH/c1-2-12-3-5-13(6-4-12)15-11-17-9-10-20(15)16(21)14-7-8-18-19-14;/h3-8,15,17H,2,9-11H2,1H3,(H,18,19);1H. The van der Waals surface area contributed by atoms with Gasteiger partial charge in [0.15, 0.2) is 0 Å². The number of amides is 1. The van der Waals surface area contributed by atoms with Crippen molar-refractivity contribution in [3.8, 4) is 0 Å². The molecule has 0 radical (unpaired) electrons. The highest BCUT2D eigenvalue weighted by atomic mass is 35.5. The quantitative estimate of drug-likeness (QED) is 0.911. The van der Waals surface area contributed by atoms with Crippen LogP contribution in [0.5, 0.6) is 0 Å². The Kier molecular flexibility index (Phi) is 5.57. The summed E-state index contributed by atoms with van der Waals surface area (Å²) >= 11 is 0. The third-order valence-corrected chi connectivity index (χ3v) is 4.01. The van der Waals surface area contributed by atoms with Gasteiger partial charge in [0.05, 0.1) is 6.04 Å². The Balaban J connectivity index is 0.00000176. The van der Waals surface area contributed by atoms with Crippen molar-refractivity contribution in [3.05, 3.63) is 53.3 Å². The highest BCUT2D eigenvalue weighted by Gasteiger charge is 2.29. The van der Waals surface area contributed by atoms with Gasteiger partial charge < -0.3 is 10.2 Å². The van der Waals surface area contributed by atoms with Gasteiger partial charge >= 0.3 is 0 Å². The minimum atomic E-state index is 0. The van der Waals surface area contributed by atoms with Crippen molar-refractivity contribution in [1.29, 1.82) is 0 Å². The van der Waals surface area contributed by atoms with E-state index in [0.717, 1.165) is 19.5 Å². The van der Waals surface area contributed by atoms with Gasteiger partial charge in [0.1, 0.15) is 5.69 Å². The Morgan fingerprint density at radius 1 is 1.32 bits per heavy atom. The van der Waals surface area contributed by atoms with Crippen LogP contribution in [-0.2, 0) is 6.42 Å². The number of H-pyrrole nitrogens is 1. The van der Waals surface area contributed by atoms with Crippen molar-refractivity contribution in [3.63, 3.8) is 0 Å². The molecule has 0 bridgehead atoms. The number of benzene rings is 1. The van der Waals surface area contributed by atoms with Crippen molar-refractivity contribution >= 4 is 18.3 Å². The van der Waals surface area contributed by atoms with Crippen molar-refractivity contribution in [2.75, 3.05) is 19.6 Å². The number of rotatable bonds is 3. The number of carbonyl (C=O) groups is 1. The van der Waals surface area contributed by atoms with Crippen molar-refractivity contribution in [2.45, 2.75) is 19.4 Å². The molecule has 1 amide bonds. The Labute approximate surface area is 136 Å². The van der Waals surface area contributed by atoms with Gasteiger partial charge in [-0.3, -0.25) is 9.89 Å². The fourth-order valence-corrected chi connectivity index (χ4v) is 2.75. The van der Waals surface area contributed by atoms with E-state index in [2.05, 4.69) is 46.7 Å². The fourth-order valence-electron chi connectivity index (χ4n) is 2.75. The normalized spacial score (nSPS) is 17.9. The number of aromatic amines is 1. The third kappa shape index (κ3) is 3.31. The van der Waals surface area contributed by atoms with Crippen LogP contribution in [-0.4, -0.2) is 40.6 Å². The van der Waals surface area contributed by atoms with Crippen LogP contribution in [0.1, 0.15) is 34.6 Å². The lowest BCUT2D eigenvalue weighted by molar-refractivity contribution is 0.0628. The van der Waals surface area contributed by atoms with E-state index in [9.17, 15) is 4.79 Å². The number of hydrogen-bond donors (Lipinski definition) is 2. The van der Waals surface area contributed by atoms with Gasteiger partial charge in [-0.05, 0) is 23.6 Å². The van der Waals surface area contributed by atoms with Crippen LogP contribution < -0.4 is 5.32 Å². The second kappa shape index (κ2) is 7.42. The van der Waals surface area contributed by atoms with E-state index in [1.54, 1.807) is 12.3 Å². The highest BCUT2D eigenvalue weighted by molar-refractivity contribution is 5.92. The predicted molar refractivity (Wildman–Crippen MR) is 88.3 cm³/mol. The second-order valence-electron chi connectivity index (χ2n) is 5.28. The number of nitrogens with zero attached hydrogens (tertiary/aromatic N) is 2. The zero-order chi connectivity index (χ0) is 14.7. The van der Waals surface area contributed by atoms with Crippen LogP contribution in [0.4, 0.5) is 0 Å². The molecule has 3 rings (SSSR count). The fraction of sp³-hybridized carbons (Fsp3) is 0.375. The summed E-state index contributed by atoms with van der Waals surface area (Å²) in [7, 11) is 0. The molecule has 1 aromatic heterocycles. The average Bonchev–Trinajstić information content (AvgIpc) is 3.09. The zero-order valence-electron chi connectivity index (χ0n) is 12.6. The van der Waals surface area contributed by atoms with Gasteiger partial charge in [-0.25, -0.2) is 0 Å². The maximum Gasteiger partial charge on any atom is 0.272 e. The molecular weight excluding hydrogens is 300 g/mol. The number of piperazine rings is 1. The minimum absolute atomic E-state index is 0. The summed E-state index contributed by atoms with van der Waals surface area (Å²) in [5, 5.41) is 10.0. The van der Waals surface area contributed by atoms with Gasteiger partial charge in [-0.2, -0.15) is 5.10 Å². The molecule has 2 N–H and O–H groups in total. The first-order valence-electron chi connectivity index (χ1n) is 7.39. The minimum Gasteiger partial charge on any atom is -0.328 e. The summed E-state index contributed by atoms with van der Waals surface area (Å²) in [5.41, 5.74) is 3.04. The molecule has 5 nitrogen and oxygen atoms in total. The number of nitrogens with one attached hydrogen (secondary N) is 2. The third-order valence-electron chi connectivity index (χ3n) is 4.01. The van der Waals surface area contributed by atoms with E-state index in [1.165, 1.54) is 11.1 Å². The Hall–Kier alpha value is -1.85. The maximum atomic E-state index is 12.6. The SMILES string of the molecule is CCc1ccc(C2CNCCN2C(=O)c2ccn[nH]2)cc1.Cl. The number of aromatic nitrogens is 2. The molecule has 1 saturated heterocycles. The molecule has 0 aliphatic carbocycles. The molecular formula is C16H21ClN4O. The average molecular weight is 321 g/mol. The molecule has 0 saturated carbocycles. The zero-order valence-corrected chi connectivity index (χ0v) is 13.4. The molecule has 1 aromatic carbocycles. The molecule has 1 fully saturated rings. The number of hydrogen-bond acceptors (Lipinski definition) is 3. The lowest BCUT2D eigenvalue weighted by atomic mass is 10.0. The first-order valence-corrected chi connectivity index (χ1v) is 7.39.